The summed E-state index contributed by atoms with van der Waals surface area (Å²) in [4.78, 5) is 27.8. The van der Waals surface area contributed by atoms with E-state index in [4.69, 9.17) is 0 Å². The highest BCUT2D eigenvalue weighted by Gasteiger charge is 2.17. The largest absolute Gasteiger partial charge is 0.349 e. The highest BCUT2D eigenvalue weighted by atomic mass is 16.2. The molecule has 5 nitrogen and oxygen atoms in total. The van der Waals surface area contributed by atoms with E-state index in [2.05, 4.69) is 15.6 Å². The minimum atomic E-state index is -0.338. The molecule has 2 amide bonds. The Hall–Kier alpha value is -1.91. The molecule has 0 aliphatic heterocycles. The van der Waals surface area contributed by atoms with Crippen LogP contribution in [0.5, 0.6) is 0 Å². The molecule has 19 heavy (non-hydrogen) atoms. The highest BCUT2D eigenvalue weighted by Crippen LogP contribution is 2.04. The smallest absolute Gasteiger partial charge is 0.270 e. The van der Waals surface area contributed by atoms with Gasteiger partial charge in [0.15, 0.2) is 0 Å². The third-order valence-corrected chi connectivity index (χ3v) is 2.12. The second-order valence-corrected chi connectivity index (χ2v) is 5.74. The van der Waals surface area contributed by atoms with Crippen molar-refractivity contribution in [1.29, 1.82) is 0 Å². The normalized spacial score (nSPS) is 11.3. The van der Waals surface area contributed by atoms with Gasteiger partial charge < -0.3 is 10.6 Å². The summed E-state index contributed by atoms with van der Waals surface area (Å²) < 4.78 is 0. The number of hydrogen-bond acceptors (Lipinski definition) is 3. The molecular weight excluding hydrogens is 242 g/mol. The van der Waals surface area contributed by atoms with E-state index in [1.165, 1.54) is 0 Å². The van der Waals surface area contributed by atoms with Crippen LogP contribution in [0.3, 0.4) is 0 Å². The summed E-state index contributed by atoms with van der Waals surface area (Å²) in [5.74, 6) is -0.563. The van der Waals surface area contributed by atoms with E-state index in [9.17, 15) is 9.59 Å². The Bertz CT molecular complexity index is 476. The monoisotopic (exact) mass is 263 g/mol. The Morgan fingerprint density at radius 1 is 1.11 bits per heavy atom. The van der Waals surface area contributed by atoms with Crippen LogP contribution in [0.1, 0.15) is 55.6 Å². The molecule has 0 spiro atoms. The zero-order chi connectivity index (χ0) is 14.6. The predicted molar refractivity (Wildman–Crippen MR) is 74.1 cm³/mol. The molecule has 104 valence electrons. The molecule has 0 aliphatic carbocycles. The van der Waals surface area contributed by atoms with Gasteiger partial charge in [0.1, 0.15) is 11.4 Å². The van der Waals surface area contributed by atoms with E-state index in [0.29, 0.717) is 0 Å². The average Bonchev–Trinajstić information content (AvgIpc) is 2.26. The van der Waals surface area contributed by atoms with E-state index in [1.807, 2.05) is 34.6 Å². The molecule has 0 atom stereocenters. The van der Waals surface area contributed by atoms with Crippen molar-refractivity contribution < 1.29 is 9.59 Å². The molecule has 1 aromatic heterocycles. The molecule has 0 aromatic carbocycles. The molecule has 2 N–H and O–H groups in total. The Morgan fingerprint density at radius 3 is 2.11 bits per heavy atom. The van der Waals surface area contributed by atoms with Crippen LogP contribution in [0.2, 0.25) is 0 Å². The van der Waals surface area contributed by atoms with Gasteiger partial charge in [0.25, 0.3) is 11.8 Å². The van der Waals surface area contributed by atoms with Crippen molar-refractivity contribution in [1.82, 2.24) is 15.6 Å². The van der Waals surface area contributed by atoms with Crippen molar-refractivity contribution in [2.24, 2.45) is 0 Å². The maximum Gasteiger partial charge on any atom is 0.270 e. The van der Waals surface area contributed by atoms with Crippen molar-refractivity contribution in [2.75, 3.05) is 0 Å². The number of amides is 2. The fourth-order valence-electron chi connectivity index (χ4n) is 1.43. The Labute approximate surface area is 113 Å². The van der Waals surface area contributed by atoms with Gasteiger partial charge in [-0.15, -0.1) is 0 Å². The maximum absolute atomic E-state index is 12.0. The lowest BCUT2D eigenvalue weighted by Gasteiger charge is -2.20. The van der Waals surface area contributed by atoms with Crippen LogP contribution < -0.4 is 10.6 Å². The van der Waals surface area contributed by atoms with Crippen LogP contribution in [0.4, 0.5) is 0 Å². The molecular formula is C14H21N3O2. The van der Waals surface area contributed by atoms with Crippen LogP contribution in [0, 0.1) is 0 Å². The molecule has 1 heterocycles. The van der Waals surface area contributed by atoms with E-state index in [1.54, 1.807) is 18.2 Å². The number of carbonyl (C=O) groups excluding carboxylic acids is 2. The fourth-order valence-corrected chi connectivity index (χ4v) is 1.43. The number of pyridine rings is 1. The summed E-state index contributed by atoms with van der Waals surface area (Å²) in [5.41, 5.74) is 0.149. The second-order valence-electron chi connectivity index (χ2n) is 5.74. The topological polar surface area (TPSA) is 71.1 Å². The van der Waals surface area contributed by atoms with Crippen molar-refractivity contribution in [2.45, 2.75) is 46.2 Å². The number of carbonyl (C=O) groups is 2. The molecule has 0 saturated carbocycles. The van der Waals surface area contributed by atoms with Gasteiger partial charge in [0, 0.05) is 11.6 Å². The first-order chi connectivity index (χ1) is 8.69. The first kappa shape index (κ1) is 15.1. The minimum Gasteiger partial charge on any atom is -0.349 e. The maximum atomic E-state index is 12.0. The van der Waals surface area contributed by atoms with E-state index >= 15 is 0 Å². The summed E-state index contributed by atoms with van der Waals surface area (Å²) in [6.45, 7) is 9.41. The third-order valence-electron chi connectivity index (χ3n) is 2.12. The zero-order valence-electron chi connectivity index (χ0n) is 12.1. The van der Waals surface area contributed by atoms with Gasteiger partial charge in [-0.3, -0.25) is 9.59 Å². The van der Waals surface area contributed by atoms with Crippen molar-refractivity contribution in [3.05, 3.63) is 29.6 Å². The molecule has 0 fully saturated rings. The molecule has 0 aliphatic rings. The molecule has 5 heteroatoms. The number of hydrogen-bond donors (Lipinski definition) is 2. The predicted octanol–water partition coefficient (Wildman–Crippen LogP) is 1.75. The Kier molecular flexibility index (Phi) is 4.64. The SMILES string of the molecule is CC(C)NC(=O)c1cccc(C(=O)NC(C)(C)C)n1. The van der Waals surface area contributed by atoms with Gasteiger partial charge >= 0.3 is 0 Å². The first-order valence-electron chi connectivity index (χ1n) is 6.29. The van der Waals surface area contributed by atoms with Crippen molar-refractivity contribution >= 4 is 11.8 Å². The van der Waals surface area contributed by atoms with Gasteiger partial charge in [0.05, 0.1) is 0 Å². The summed E-state index contributed by atoms with van der Waals surface area (Å²) in [5, 5.41) is 5.55. The summed E-state index contributed by atoms with van der Waals surface area (Å²) in [7, 11) is 0. The molecule has 0 unspecified atom stereocenters. The quantitative estimate of drug-likeness (QED) is 0.872. The third kappa shape index (κ3) is 5.07. The van der Waals surface area contributed by atoms with Gasteiger partial charge in [-0.1, -0.05) is 6.07 Å². The van der Waals surface area contributed by atoms with Crippen LogP contribution >= 0.6 is 0 Å². The number of rotatable bonds is 3. The molecule has 1 aromatic rings. The van der Waals surface area contributed by atoms with Gasteiger partial charge in [-0.2, -0.15) is 0 Å². The van der Waals surface area contributed by atoms with Crippen LogP contribution in [0.15, 0.2) is 18.2 Å². The Balaban J connectivity index is 2.88. The zero-order valence-corrected chi connectivity index (χ0v) is 12.1. The van der Waals surface area contributed by atoms with Gasteiger partial charge in [0.2, 0.25) is 0 Å². The first-order valence-corrected chi connectivity index (χ1v) is 6.29. The molecule has 1 rings (SSSR count). The number of nitrogens with one attached hydrogen (secondary N) is 2. The lowest BCUT2D eigenvalue weighted by Crippen LogP contribution is -2.41. The van der Waals surface area contributed by atoms with Crippen LogP contribution in [-0.2, 0) is 0 Å². The van der Waals surface area contributed by atoms with Crippen molar-refractivity contribution in [3.8, 4) is 0 Å². The molecule has 0 saturated heterocycles. The van der Waals surface area contributed by atoms with Gasteiger partial charge in [-0.25, -0.2) is 4.98 Å². The van der Waals surface area contributed by atoms with E-state index in [-0.39, 0.29) is 34.8 Å². The molecule has 0 bridgehead atoms. The lowest BCUT2D eigenvalue weighted by molar-refractivity contribution is 0.0914. The standard InChI is InChI=1S/C14H21N3O2/c1-9(2)15-12(18)10-7-6-8-11(16-10)13(19)17-14(3,4)5/h6-9H,1-5H3,(H,15,18)(H,17,19). The second kappa shape index (κ2) is 5.82. The highest BCUT2D eigenvalue weighted by molar-refractivity contribution is 5.96. The fraction of sp³-hybridized carbons (Fsp3) is 0.500. The summed E-state index contributed by atoms with van der Waals surface area (Å²) in [6, 6.07) is 4.86. The van der Waals surface area contributed by atoms with E-state index < -0.39 is 0 Å². The van der Waals surface area contributed by atoms with Crippen molar-refractivity contribution in [3.63, 3.8) is 0 Å². The van der Waals surface area contributed by atoms with Crippen LogP contribution in [-0.4, -0.2) is 28.4 Å². The number of nitrogens with zero attached hydrogens (tertiary/aromatic N) is 1. The number of aromatic nitrogens is 1. The van der Waals surface area contributed by atoms with Gasteiger partial charge in [-0.05, 0) is 46.8 Å². The summed E-state index contributed by atoms with van der Waals surface area (Å²) in [6.07, 6.45) is 0. The lowest BCUT2D eigenvalue weighted by atomic mass is 10.1. The molecule has 0 radical (unpaired) electrons. The van der Waals surface area contributed by atoms with E-state index in [0.717, 1.165) is 0 Å². The minimum absolute atomic E-state index is 0.0290. The average molecular weight is 263 g/mol. The van der Waals surface area contributed by atoms with Crippen LogP contribution in [0.25, 0.3) is 0 Å². The summed E-state index contributed by atoms with van der Waals surface area (Å²) >= 11 is 0. The Morgan fingerprint density at radius 2 is 1.63 bits per heavy atom.